The van der Waals surface area contributed by atoms with Crippen LogP contribution in [-0.4, -0.2) is 28.9 Å². The van der Waals surface area contributed by atoms with Crippen molar-refractivity contribution in [3.8, 4) is 11.5 Å². The fourth-order valence-corrected chi connectivity index (χ4v) is 3.11. The van der Waals surface area contributed by atoms with Crippen molar-refractivity contribution in [2.24, 2.45) is 0 Å². The number of carbonyl (C=O) groups is 1. The third kappa shape index (κ3) is 6.26. The molecule has 0 spiro atoms. The van der Waals surface area contributed by atoms with E-state index in [-0.39, 0.29) is 19.1 Å². The zero-order valence-corrected chi connectivity index (χ0v) is 17.2. The highest BCUT2D eigenvalue weighted by Gasteiger charge is 2.30. The van der Waals surface area contributed by atoms with Gasteiger partial charge in [-0.05, 0) is 48.4 Å². The zero-order valence-electron chi connectivity index (χ0n) is 17.2. The number of carboxylic acid groups (broad SMARTS) is 1. The van der Waals surface area contributed by atoms with Gasteiger partial charge in [0.2, 0.25) is 0 Å². The van der Waals surface area contributed by atoms with Crippen molar-refractivity contribution < 1.29 is 37.1 Å². The van der Waals surface area contributed by atoms with Crippen LogP contribution in [0.5, 0.6) is 11.5 Å². The topological polar surface area (TPSA) is 81.8 Å². The predicted octanol–water partition coefficient (Wildman–Crippen LogP) is 5.54. The van der Waals surface area contributed by atoms with Gasteiger partial charge in [-0.25, -0.2) is 0 Å². The SMILES string of the molecule is CC[C@@H](COc1ccc(C(CC(=O)O)c2ccon2)cc1)Oc1ccc(C(F)(F)F)cc1. The van der Waals surface area contributed by atoms with Crippen LogP contribution in [0, 0.1) is 0 Å². The highest BCUT2D eigenvalue weighted by atomic mass is 19.4. The van der Waals surface area contributed by atoms with Crippen molar-refractivity contribution >= 4 is 5.97 Å². The highest BCUT2D eigenvalue weighted by molar-refractivity contribution is 5.68. The van der Waals surface area contributed by atoms with Crippen LogP contribution in [0.15, 0.2) is 65.4 Å². The number of nitrogens with zero attached hydrogens (tertiary/aromatic N) is 1. The minimum absolute atomic E-state index is 0.133. The summed E-state index contributed by atoms with van der Waals surface area (Å²) in [5, 5.41) is 13.0. The zero-order chi connectivity index (χ0) is 23.1. The molecule has 1 heterocycles. The Morgan fingerprint density at radius 2 is 1.72 bits per heavy atom. The molecular formula is C23H22F3NO5. The average Bonchev–Trinajstić information content (AvgIpc) is 3.29. The maximum atomic E-state index is 12.7. The molecule has 0 aliphatic heterocycles. The molecule has 9 heteroatoms. The first-order valence-corrected chi connectivity index (χ1v) is 9.95. The normalized spacial score (nSPS) is 13.4. The molecule has 2 atom stereocenters. The summed E-state index contributed by atoms with van der Waals surface area (Å²) in [7, 11) is 0. The van der Waals surface area contributed by atoms with Crippen LogP contribution in [0.3, 0.4) is 0 Å². The molecule has 170 valence electrons. The Morgan fingerprint density at radius 1 is 1.06 bits per heavy atom. The molecule has 0 saturated heterocycles. The van der Waals surface area contributed by atoms with Crippen molar-refractivity contribution in [3.05, 3.63) is 77.7 Å². The van der Waals surface area contributed by atoms with Crippen LogP contribution in [0.1, 0.15) is 42.5 Å². The molecule has 32 heavy (non-hydrogen) atoms. The van der Waals surface area contributed by atoms with Crippen molar-refractivity contribution in [1.82, 2.24) is 5.16 Å². The first-order valence-electron chi connectivity index (χ1n) is 9.95. The number of alkyl halides is 3. The van der Waals surface area contributed by atoms with E-state index in [9.17, 15) is 23.1 Å². The van der Waals surface area contributed by atoms with Gasteiger partial charge < -0.3 is 19.1 Å². The lowest BCUT2D eigenvalue weighted by Crippen LogP contribution is -2.24. The second kappa shape index (κ2) is 10.2. The number of rotatable bonds is 10. The van der Waals surface area contributed by atoms with E-state index < -0.39 is 23.6 Å². The molecule has 0 fully saturated rings. The van der Waals surface area contributed by atoms with Gasteiger partial charge in [0.25, 0.3) is 0 Å². The third-order valence-electron chi connectivity index (χ3n) is 4.85. The van der Waals surface area contributed by atoms with Gasteiger partial charge >= 0.3 is 12.1 Å². The minimum atomic E-state index is -4.39. The Hall–Kier alpha value is -3.49. The van der Waals surface area contributed by atoms with Gasteiger partial charge in [-0.1, -0.05) is 24.2 Å². The Bertz CT molecular complexity index is 986. The van der Waals surface area contributed by atoms with Crippen LogP contribution in [0.4, 0.5) is 13.2 Å². The number of benzene rings is 2. The Balaban J connectivity index is 1.60. The number of ether oxygens (including phenoxy) is 2. The number of halogens is 3. The molecule has 1 aromatic heterocycles. The molecule has 0 radical (unpaired) electrons. The van der Waals surface area contributed by atoms with Crippen LogP contribution < -0.4 is 9.47 Å². The second-order valence-electron chi connectivity index (χ2n) is 7.13. The Labute approximate surface area is 182 Å². The molecular weight excluding hydrogens is 427 g/mol. The van der Waals surface area contributed by atoms with Crippen molar-refractivity contribution in [3.63, 3.8) is 0 Å². The smallest absolute Gasteiger partial charge is 0.416 e. The number of hydrogen-bond acceptors (Lipinski definition) is 5. The fourth-order valence-electron chi connectivity index (χ4n) is 3.11. The fraction of sp³-hybridized carbons (Fsp3) is 0.304. The lowest BCUT2D eigenvalue weighted by atomic mass is 9.92. The monoisotopic (exact) mass is 449 g/mol. The van der Waals surface area contributed by atoms with Gasteiger partial charge in [-0.2, -0.15) is 13.2 Å². The summed E-state index contributed by atoms with van der Waals surface area (Å²) in [5.41, 5.74) is 0.541. The van der Waals surface area contributed by atoms with Crippen LogP contribution in [-0.2, 0) is 11.0 Å². The first kappa shape index (κ1) is 23.2. The summed E-state index contributed by atoms with van der Waals surface area (Å²) in [6, 6.07) is 13.1. The quantitative estimate of drug-likeness (QED) is 0.438. The summed E-state index contributed by atoms with van der Waals surface area (Å²) in [6.45, 7) is 2.08. The highest BCUT2D eigenvalue weighted by Crippen LogP contribution is 2.31. The van der Waals surface area contributed by atoms with E-state index in [1.54, 1.807) is 30.3 Å². The van der Waals surface area contributed by atoms with E-state index in [0.29, 0.717) is 23.6 Å². The molecule has 0 aliphatic rings. The number of aromatic nitrogens is 1. The van der Waals surface area contributed by atoms with E-state index in [2.05, 4.69) is 5.16 Å². The lowest BCUT2D eigenvalue weighted by Gasteiger charge is -2.19. The van der Waals surface area contributed by atoms with E-state index in [1.165, 1.54) is 18.4 Å². The number of hydrogen-bond donors (Lipinski definition) is 1. The van der Waals surface area contributed by atoms with Crippen LogP contribution in [0.25, 0.3) is 0 Å². The second-order valence-corrected chi connectivity index (χ2v) is 7.13. The van der Waals surface area contributed by atoms with Gasteiger partial charge in [0.15, 0.2) is 0 Å². The van der Waals surface area contributed by atoms with Crippen molar-refractivity contribution in [1.29, 1.82) is 0 Å². The van der Waals surface area contributed by atoms with E-state index >= 15 is 0 Å². The summed E-state index contributed by atoms with van der Waals surface area (Å²) in [5.74, 6) is -0.526. The largest absolute Gasteiger partial charge is 0.490 e. The van der Waals surface area contributed by atoms with Crippen LogP contribution in [0.2, 0.25) is 0 Å². The number of carboxylic acids is 1. The molecule has 0 saturated carbocycles. The number of aliphatic carboxylic acids is 1. The predicted molar refractivity (Wildman–Crippen MR) is 109 cm³/mol. The molecule has 1 unspecified atom stereocenters. The summed E-state index contributed by atoms with van der Waals surface area (Å²) in [4.78, 5) is 11.2. The molecule has 1 N–H and O–H groups in total. The molecule has 0 amide bonds. The maximum Gasteiger partial charge on any atom is 0.416 e. The van der Waals surface area contributed by atoms with Crippen molar-refractivity contribution in [2.45, 2.75) is 38.0 Å². The van der Waals surface area contributed by atoms with Gasteiger partial charge in [0.05, 0.1) is 17.7 Å². The standard InChI is InChI=1S/C23H22F3NO5/c1-2-17(32-19-9-5-16(6-10-19)23(24,25)26)14-30-18-7-3-15(4-8-18)20(13-22(28)29)21-11-12-31-27-21/h3-12,17,20H,2,13-14H2,1H3,(H,28,29)/t17-,20?/m0/s1. The van der Waals surface area contributed by atoms with Gasteiger partial charge in [-0.15, -0.1) is 0 Å². The average molecular weight is 449 g/mol. The molecule has 0 aliphatic carbocycles. The van der Waals surface area contributed by atoms with E-state index in [4.69, 9.17) is 14.0 Å². The summed E-state index contributed by atoms with van der Waals surface area (Å²) in [6.07, 6.45) is -2.91. The molecule has 3 rings (SSSR count). The summed E-state index contributed by atoms with van der Waals surface area (Å²) < 4.78 is 54.4. The first-order chi connectivity index (χ1) is 15.3. The van der Waals surface area contributed by atoms with Crippen molar-refractivity contribution in [2.75, 3.05) is 6.61 Å². The molecule has 0 bridgehead atoms. The van der Waals surface area contributed by atoms with Gasteiger partial charge in [-0.3, -0.25) is 4.79 Å². The molecule has 2 aromatic carbocycles. The maximum absolute atomic E-state index is 12.7. The molecule has 6 nitrogen and oxygen atoms in total. The summed E-state index contributed by atoms with van der Waals surface area (Å²) >= 11 is 0. The van der Waals surface area contributed by atoms with E-state index in [0.717, 1.165) is 17.7 Å². The minimum Gasteiger partial charge on any atom is -0.490 e. The Kier molecular flexibility index (Phi) is 7.40. The lowest BCUT2D eigenvalue weighted by molar-refractivity contribution is -0.138. The third-order valence-corrected chi connectivity index (χ3v) is 4.85. The Morgan fingerprint density at radius 3 is 2.25 bits per heavy atom. The van der Waals surface area contributed by atoms with Gasteiger partial charge in [0.1, 0.15) is 30.5 Å². The van der Waals surface area contributed by atoms with E-state index in [1.807, 2.05) is 6.92 Å². The molecule has 3 aromatic rings. The van der Waals surface area contributed by atoms with Crippen LogP contribution >= 0.6 is 0 Å². The van der Waals surface area contributed by atoms with Gasteiger partial charge in [0, 0.05) is 12.0 Å².